The first-order chi connectivity index (χ1) is 14.5. The molecule has 7 heteroatoms. The van der Waals surface area contributed by atoms with Gasteiger partial charge in [-0.2, -0.15) is 5.06 Å². The summed E-state index contributed by atoms with van der Waals surface area (Å²) in [4.78, 5) is 18.6. The van der Waals surface area contributed by atoms with Crippen LogP contribution >= 0.6 is 0 Å². The Kier molecular flexibility index (Phi) is 6.38. The number of carbonyl (C=O) groups excluding carboxylic acids is 1. The highest BCUT2D eigenvalue weighted by atomic mass is 16.5. The second kappa shape index (κ2) is 8.10. The molecule has 1 N–H and O–H groups in total. The van der Waals surface area contributed by atoms with Crippen molar-refractivity contribution in [3.05, 3.63) is 18.7 Å². The fraction of sp³-hybridized carbons (Fsp3) is 0.840. The van der Waals surface area contributed by atoms with E-state index in [9.17, 15) is 10.0 Å². The smallest absolute Gasteiger partial charge is 0.265 e. The molecule has 0 radical (unpaired) electrons. The molecule has 7 nitrogen and oxygen atoms in total. The zero-order valence-corrected chi connectivity index (χ0v) is 22.0. The Balaban J connectivity index is 1.99. The van der Waals surface area contributed by atoms with E-state index >= 15 is 0 Å². The van der Waals surface area contributed by atoms with Gasteiger partial charge in [-0.15, -0.1) is 0 Å². The van der Waals surface area contributed by atoms with E-state index < -0.39 is 11.1 Å². The summed E-state index contributed by atoms with van der Waals surface area (Å²) in [5.74, 6) is 0.172. The minimum Gasteiger partial charge on any atom is -0.333 e. The van der Waals surface area contributed by atoms with Gasteiger partial charge in [0.15, 0.2) is 6.54 Å². The molecule has 2 fully saturated rings. The van der Waals surface area contributed by atoms with Crippen molar-refractivity contribution in [3.8, 4) is 0 Å². The number of carbonyl (C=O) groups is 1. The van der Waals surface area contributed by atoms with Crippen molar-refractivity contribution in [1.29, 1.82) is 0 Å². The van der Waals surface area contributed by atoms with Crippen LogP contribution in [0.5, 0.6) is 0 Å². The quantitative estimate of drug-likeness (QED) is 0.719. The molecule has 2 aliphatic rings. The van der Waals surface area contributed by atoms with Crippen LogP contribution in [0.1, 0.15) is 81.1 Å². The third-order valence-corrected chi connectivity index (χ3v) is 8.12. The van der Waals surface area contributed by atoms with Gasteiger partial charge in [0, 0.05) is 34.2 Å². The van der Waals surface area contributed by atoms with Crippen molar-refractivity contribution in [3.63, 3.8) is 0 Å². The van der Waals surface area contributed by atoms with Crippen molar-refractivity contribution in [1.82, 2.24) is 19.4 Å². The highest BCUT2D eigenvalue weighted by molar-refractivity contribution is 5.77. The monoisotopic (exact) mass is 448 g/mol. The number of imidazole rings is 1. The predicted octanol–water partition coefficient (Wildman–Crippen LogP) is 3.20. The molecule has 0 aromatic carbocycles. The molecule has 1 amide bonds. The molecule has 1 aromatic heterocycles. The number of rotatable bonds is 4. The second-order valence-corrected chi connectivity index (χ2v) is 12.8. The van der Waals surface area contributed by atoms with Crippen LogP contribution in [-0.4, -0.2) is 71.8 Å². The molecule has 0 unspecified atom stereocenters. The Morgan fingerprint density at radius 2 is 1.38 bits per heavy atom. The van der Waals surface area contributed by atoms with Gasteiger partial charge in [0.05, 0.1) is 7.05 Å². The van der Waals surface area contributed by atoms with E-state index in [1.807, 2.05) is 34.9 Å². The molecule has 1 aromatic rings. The molecule has 2 aliphatic heterocycles. The van der Waals surface area contributed by atoms with Crippen LogP contribution in [0.4, 0.5) is 0 Å². The summed E-state index contributed by atoms with van der Waals surface area (Å²) < 4.78 is 3.94. The lowest BCUT2D eigenvalue weighted by molar-refractivity contribution is -0.671. The van der Waals surface area contributed by atoms with Gasteiger partial charge in [-0.25, -0.2) is 9.13 Å². The maximum Gasteiger partial charge on any atom is 0.265 e. The van der Waals surface area contributed by atoms with Crippen LogP contribution < -0.4 is 4.57 Å². The van der Waals surface area contributed by atoms with Gasteiger partial charge in [-0.05, 0) is 88.1 Å². The number of likely N-dealkylation sites (tertiary alicyclic amines) is 1. The first-order valence-corrected chi connectivity index (χ1v) is 12.0. The number of amides is 1. The summed E-state index contributed by atoms with van der Waals surface area (Å²) in [6, 6.07) is 0.245. The second-order valence-electron chi connectivity index (χ2n) is 12.8. The van der Waals surface area contributed by atoms with Gasteiger partial charge in [0.2, 0.25) is 6.33 Å². The number of hydroxylamine groups is 2. The molecular formula is C25H46N5O2+. The van der Waals surface area contributed by atoms with E-state index in [1.165, 1.54) is 5.06 Å². The molecule has 0 spiro atoms. The molecule has 3 heterocycles. The van der Waals surface area contributed by atoms with E-state index in [1.54, 1.807) is 0 Å². The Morgan fingerprint density at radius 1 is 0.938 bits per heavy atom. The highest BCUT2D eigenvalue weighted by Crippen LogP contribution is 2.44. The standard InChI is InChI=1S/C25H46N5O2/c1-22(2)13-19(14-23(3,4)27(22)10)29(21(31)17-28-12-11-26(9)18-28)20-15-24(5,6)30(32)25(7,8)16-20/h11-12,18-20,32H,13-17H2,1-10H3/q+1. The van der Waals surface area contributed by atoms with E-state index in [2.05, 4.69) is 72.2 Å². The summed E-state index contributed by atoms with van der Waals surface area (Å²) in [6.45, 7) is 17.8. The minimum atomic E-state index is -0.401. The van der Waals surface area contributed by atoms with E-state index in [0.29, 0.717) is 6.54 Å². The zero-order valence-electron chi connectivity index (χ0n) is 22.0. The maximum atomic E-state index is 13.9. The van der Waals surface area contributed by atoms with Crippen molar-refractivity contribution in [2.75, 3.05) is 7.05 Å². The Hall–Kier alpha value is -1.44. The van der Waals surface area contributed by atoms with Gasteiger partial charge in [0.1, 0.15) is 12.4 Å². The predicted molar refractivity (Wildman–Crippen MR) is 126 cm³/mol. The molecule has 0 saturated carbocycles. The molecule has 3 rings (SSSR count). The molecule has 32 heavy (non-hydrogen) atoms. The first kappa shape index (κ1) is 25.2. The normalized spacial score (nSPS) is 26.2. The fourth-order valence-corrected chi connectivity index (χ4v) is 6.47. The SMILES string of the molecule is CN1C(C)(C)CC(N(C(=O)Cn2cc[n+](C)c2)C2CC(C)(C)N(O)C(C)(C)C2)CC1(C)C. The van der Waals surface area contributed by atoms with E-state index in [0.717, 1.165) is 25.7 Å². The third kappa shape index (κ3) is 4.75. The number of aromatic nitrogens is 2. The summed E-state index contributed by atoms with van der Waals surface area (Å²) in [6.07, 6.45) is 9.29. The van der Waals surface area contributed by atoms with E-state index in [4.69, 9.17) is 0 Å². The van der Waals surface area contributed by atoms with Crippen molar-refractivity contribution < 1.29 is 14.6 Å². The molecular weight excluding hydrogens is 402 g/mol. The topological polar surface area (TPSA) is 55.8 Å². The van der Waals surface area contributed by atoms with Gasteiger partial charge in [0.25, 0.3) is 5.91 Å². The number of piperidine rings is 2. The number of nitrogens with zero attached hydrogens (tertiary/aromatic N) is 5. The summed E-state index contributed by atoms with van der Waals surface area (Å²) in [7, 11) is 4.18. The van der Waals surface area contributed by atoms with Crippen molar-refractivity contribution in [2.24, 2.45) is 7.05 Å². The van der Waals surface area contributed by atoms with Crippen LogP contribution in [-0.2, 0) is 18.4 Å². The zero-order chi connectivity index (χ0) is 24.3. The van der Waals surface area contributed by atoms with Crippen LogP contribution in [0.3, 0.4) is 0 Å². The average Bonchev–Trinajstić information content (AvgIpc) is 3.01. The molecule has 0 bridgehead atoms. The van der Waals surface area contributed by atoms with Gasteiger partial charge in [-0.3, -0.25) is 9.69 Å². The van der Waals surface area contributed by atoms with E-state index in [-0.39, 0.29) is 29.1 Å². The Labute approximate surface area is 194 Å². The average molecular weight is 449 g/mol. The minimum absolute atomic E-state index is 0.00640. The maximum absolute atomic E-state index is 13.9. The first-order valence-electron chi connectivity index (χ1n) is 12.0. The fourth-order valence-electron chi connectivity index (χ4n) is 6.47. The lowest BCUT2D eigenvalue weighted by Gasteiger charge is -2.59. The number of hydrogen-bond acceptors (Lipinski definition) is 4. The lowest BCUT2D eigenvalue weighted by atomic mass is 9.74. The Bertz CT molecular complexity index is 763. The number of hydrogen-bond donors (Lipinski definition) is 1. The molecule has 182 valence electrons. The van der Waals surface area contributed by atoms with Gasteiger partial charge < -0.3 is 10.1 Å². The molecule has 0 aliphatic carbocycles. The molecule has 0 atom stereocenters. The summed E-state index contributed by atoms with van der Waals surface area (Å²) >= 11 is 0. The van der Waals surface area contributed by atoms with Gasteiger partial charge in [-0.1, -0.05) is 0 Å². The van der Waals surface area contributed by atoms with Crippen molar-refractivity contribution in [2.45, 2.75) is 122 Å². The largest absolute Gasteiger partial charge is 0.333 e. The summed E-state index contributed by atoms with van der Waals surface area (Å²) in [5.41, 5.74) is -0.816. The number of aryl methyl sites for hydroxylation is 1. The van der Waals surface area contributed by atoms with Gasteiger partial charge >= 0.3 is 0 Å². The van der Waals surface area contributed by atoms with Crippen LogP contribution in [0.15, 0.2) is 18.7 Å². The third-order valence-electron chi connectivity index (χ3n) is 8.12. The van der Waals surface area contributed by atoms with Crippen LogP contribution in [0.25, 0.3) is 0 Å². The highest BCUT2D eigenvalue weighted by Gasteiger charge is 2.52. The summed E-state index contributed by atoms with van der Waals surface area (Å²) in [5, 5.41) is 12.4. The molecule has 2 saturated heterocycles. The lowest BCUT2D eigenvalue weighted by Crippen LogP contribution is -2.68. The Morgan fingerprint density at radius 3 is 1.78 bits per heavy atom. The van der Waals surface area contributed by atoms with Crippen LogP contribution in [0, 0.1) is 0 Å². The van der Waals surface area contributed by atoms with Crippen LogP contribution in [0.2, 0.25) is 0 Å². The van der Waals surface area contributed by atoms with Crippen molar-refractivity contribution >= 4 is 5.91 Å².